The summed E-state index contributed by atoms with van der Waals surface area (Å²) < 4.78 is 31.5. The second-order valence-corrected chi connectivity index (χ2v) is 10.6. The first kappa shape index (κ1) is 29.7. The molecule has 0 saturated carbocycles. The van der Waals surface area contributed by atoms with Crippen LogP contribution in [-0.2, 0) is 24.1 Å². The van der Waals surface area contributed by atoms with Crippen molar-refractivity contribution in [2.45, 2.75) is 45.1 Å². The van der Waals surface area contributed by atoms with E-state index in [1.54, 1.807) is 32.4 Å². The van der Waals surface area contributed by atoms with Gasteiger partial charge in [-0.25, -0.2) is 4.39 Å². The van der Waals surface area contributed by atoms with Crippen molar-refractivity contribution in [3.05, 3.63) is 82.7 Å². The molecule has 3 aromatic carbocycles. The minimum atomic E-state index is -0.339. The molecule has 6 nitrogen and oxygen atoms in total. The van der Waals surface area contributed by atoms with Crippen LogP contribution in [0.5, 0.6) is 17.2 Å². The van der Waals surface area contributed by atoms with Crippen LogP contribution in [-0.4, -0.2) is 64.1 Å². The molecule has 40 heavy (non-hydrogen) atoms. The van der Waals surface area contributed by atoms with Crippen molar-refractivity contribution in [3.63, 3.8) is 0 Å². The summed E-state index contributed by atoms with van der Waals surface area (Å²) in [5, 5.41) is 9.89. The molecule has 3 aromatic rings. The molecule has 0 radical (unpaired) electrons. The third-order valence-corrected chi connectivity index (χ3v) is 7.81. The molecule has 1 N–H and O–H groups in total. The summed E-state index contributed by atoms with van der Waals surface area (Å²) in [6, 6.07) is 17.3. The molecular weight excluding hydrogens is 507 g/mol. The molecule has 0 fully saturated rings. The van der Waals surface area contributed by atoms with Crippen molar-refractivity contribution < 1.29 is 23.7 Å². The van der Waals surface area contributed by atoms with Crippen molar-refractivity contribution in [2.75, 3.05) is 59.0 Å². The Bertz CT molecular complexity index is 1250. The van der Waals surface area contributed by atoms with E-state index in [9.17, 15) is 5.11 Å². The van der Waals surface area contributed by atoms with E-state index in [0.29, 0.717) is 24.8 Å². The van der Waals surface area contributed by atoms with Crippen molar-refractivity contribution in [2.24, 2.45) is 0 Å². The van der Waals surface area contributed by atoms with Gasteiger partial charge in [0.25, 0.3) is 0 Å². The van der Waals surface area contributed by atoms with Gasteiger partial charge in [0.2, 0.25) is 0 Å². The zero-order valence-electron chi connectivity index (χ0n) is 24.3. The van der Waals surface area contributed by atoms with E-state index in [0.717, 1.165) is 68.9 Å². The van der Waals surface area contributed by atoms with Crippen LogP contribution in [0.3, 0.4) is 0 Å². The number of aromatic hydroxyl groups is 1. The largest absolute Gasteiger partial charge is 0.508 e. The third kappa shape index (κ3) is 7.67. The highest BCUT2D eigenvalue weighted by Crippen LogP contribution is 2.40. The van der Waals surface area contributed by atoms with Crippen LogP contribution >= 0.6 is 0 Å². The number of aryl methyl sites for hydroxylation is 1. The molecule has 0 bridgehead atoms. The Labute approximate surface area is 238 Å². The molecular formula is C33H43FN2O4. The molecule has 0 amide bonds. The zero-order chi connectivity index (χ0) is 28.5. The van der Waals surface area contributed by atoms with Crippen molar-refractivity contribution in [1.29, 1.82) is 0 Å². The number of fused-ring (bicyclic) bond motifs is 1. The zero-order valence-corrected chi connectivity index (χ0v) is 24.3. The van der Waals surface area contributed by atoms with Crippen LogP contribution in [0.15, 0.2) is 54.6 Å². The summed E-state index contributed by atoms with van der Waals surface area (Å²) in [5.74, 6) is 1.43. The number of halogens is 1. The topological polar surface area (TPSA) is 54.4 Å². The van der Waals surface area contributed by atoms with Gasteiger partial charge in [0.1, 0.15) is 18.1 Å². The summed E-state index contributed by atoms with van der Waals surface area (Å²) in [4.78, 5) is 4.44. The second kappa shape index (κ2) is 14.4. The normalized spacial score (nSPS) is 14.7. The maximum absolute atomic E-state index is 15.0. The first-order chi connectivity index (χ1) is 19.4. The van der Waals surface area contributed by atoms with Gasteiger partial charge in [-0.3, -0.25) is 0 Å². The minimum Gasteiger partial charge on any atom is -0.508 e. The SMILES string of the molecule is CCN(Cc1ccc(OCCN(C)CCCOC)c(F)c1)c1cc(OC)ccc1[C@@H]1CCc2cc(O)ccc2C1. The Balaban J connectivity index is 1.46. The number of ether oxygens (including phenoxy) is 3. The smallest absolute Gasteiger partial charge is 0.165 e. The Kier molecular flexibility index (Phi) is 10.7. The predicted octanol–water partition coefficient (Wildman–Crippen LogP) is 6.19. The number of phenolic OH excluding ortho intramolecular Hbond substituents is 1. The molecule has 1 aliphatic rings. The van der Waals surface area contributed by atoms with E-state index in [1.165, 1.54) is 16.7 Å². The van der Waals surface area contributed by atoms with E-state index < -0.39 is 0 Å². The van der Waals surface area contributed by atoms with Crippen molar-refractivity contribution >= 4 is 5.69 Å². The lowest BCUT2D eigenvalue weighted by Gasteiger charge is -2.32. The molecule has 0 unspecified atom stereocenters. The van der Waals surface area contributed by atoms with Gasteiger partial charge in [0.15, 0.2) is 11.6 Å². The minimum absolute atomic E-state index is 0.283. The van der Waals surface area contributed by atoms with Gasteiger partial charge < -0.3 is 29.1 Å². The maximum atomic E-state index is 15.0. The summed E-state index contributed by atoms with van der Waals surface area (Å²) in [6.45, 7) is 6.26. The van der Waals surface area contributed by atoms with Crippen molar-refractivity contribution in [1.82, 2.24) is 4.90 Å². The molecule has 1 aliphatic carbocycles. The Morgan fingerprint density at radius 3 is 2.58 bits per heavy atom. The average Bonchev–Trinajstić information content (AvgIpc) is 2.96. The van der Waals surface area contributed by atoms with Crippen LogP contribution in [0.4, 0.5) is 10.1 Å². The van der Waals surface area contributed by atoms with Gasteiger partial charge in [-0.1, -0.05) is 18.2 Å². The van der Waals surface area contributed by atoms with E-state index >= 15 is 4.39 Å². The highest BCUT2D eigenvalue weighted by molar-refractivity contribution is 5.60. The van der Waals surface area contributed by atoms with Gasteiger partial charge >= 0.3 is 0 Å². The lowest BCUT2D eigenvalue weighted by Crippen LogP contribution is -2.26. The molecule has 0 aliphatic heterocycles. The van der Waals surface area contributed by atoms with Crippen LogP contribution in [0.1, 0.15) is 47.9 Å². The number of anilines is 1. The van der Waals surface area contributed by atoms with Crippen LogP contribution in [0, 0.1) is 5.82 Å². The summed E-state index contributed by atoms with van der Waals surface area (Å²) >= 11 is 0. The lowest BCUT2D eigenvalue weighted by molar-refractivity contribution is 0.171. The van der Waals surface area contributed by atoms with Crippen LogP contribution in [0.25, 0.3) is 0 Å². The molecule has 0 spiro atoms. The van der Waals surface area contributed by atoms with Crippen LogP contribution < -0.4 is 14.4 Å². The Morgan fingerprint density at radius 2 is 1.82 bits per heavy atom. The first-order valence-electron chi connectivity index (χ1n) is 14.2. The third-order valence-electron chi connectivity index (χ3n) is 7.81. The van der Waals surface area contributed by atoms with Crippen molar-refractivity contribution in [3.8, 4) is 17.2 Å². The monoisotopic (exact) mass is 550 g/mol. The number of hydrogen-bond donors (Lipinski definition) is 1. The number of nitrogens with zero attached hydrogens (tertiary/aromatic N) is 2. The molecule has 0 heterocycles. The quantitative estimate of drug-likeness (QED) is 0.242. The number of phenols is 1. The fourth-order valence-corrected chi connectivity index (χ4v) is 5.53. The lowest BCUT2D eigenvalue weighted by atomic mass is 9.79. The second-order valence-electron chi connectivity index (χ2n) is 10.6. The first-order valence-corrected chi connectivity index (χ1v) is 14.2. The fraction of sp³-hybridized carbons (Fsp3) is 0.455. The highest BCUT2D eigenvalue weighted by atomic mass is 19.1. The Hall–Kier alpha value is -3.29. The fourth-order valence-electron chi connectivity index (χ4n) is 5.53. The molecule has 0 aromatic heterocycles. The number of likely N-dealkylation sites (N-methyl/N-ethyl adjacent to an activating group) is 1. The maximum Gasteiger partial charge on any atom is 0.165 e. The van der Waals surface area contributed by atoms with E-state index in [2.05, 4.69) is 28.9 Å². The molecule has 1 atom stereocenters. The molecule has 7 heteroatoms. The molecule has 4 rings (SSSR count). The average molecular weight is 551 g/mol. The predicted molar refractivity (Wildman–Crippen MR) is 158 cm³/mol. The summed E-state index contributed by atoms with van der Waals surface area (Å²) in [7, 11) is 5.42. The molecule has 0 saturated heterocycles. The van der Waals surface area contributed by atoms with Gasteiger partial charge in [-0.15, -0.1) is 0 Å². The number of rotatable bonds is 14. The summed E-state index contributed by atoms with van der Waals surface area (Å²) in [6.07, 6.45) is 3.82. The van der Waals surface area contributed by atoms with Gasteiger partial charge in [0.05, 0.1) is 7.11 Å². The molecule has 216 valence electrons. The Morgan fingerprint density at radius 1 is 0.975 bits per heavy atom. The number of methoxy groups -OCH3 is 2. The number of hydrogen-bond acceptors (Lipinski definition) is 6. The number of benzene rings is 3. The standard InChI is InChI=1S/C33H43FN2O4/c1-5-36(23-24-7-14-33(31(34)19-24)40-18-16-35(2)15-6-17-38-3)32-22-29(39-4)12-13-30(32)27-9-8-26-21-28(37)11-10-25(26)20-27/h7,10-14,19,21-22,27,37H,5-6,8-9,15-18,20,23H2,1-4H3/t27-/m1/s1. The van der Waals surface area contributed by atoms with Gasteiger partial charge in [-0.05, 0) is 98.2 Å². The van der Waals surface area contributed by atoms with E-state index in [-0.39, 0.29) is 11.6 Å². The van der Waals surface area contributed by atoms with Gasteiger partial charge in [-0.2, -0.15) is 0 Å². The van der Waals surface area contributed by atoms with E-state index in [1.807, 2.05) is 31.3 Å². The summed E-state index contributed by atoms with van der Waals surface area (Å²) in [5.41, 5.74) is 5.80. The van der Waals surface area contributed by atoms with Crippen LogP contribution in [0.2, 0.25) is 0 Å². The van der Waals surface area contributed by atoms with Gasteiger partial charge in [0, 0.05) is 51.6 Å². The van der Waals surface area contributed by atoms with E-state index in [4.69, 9.17) is 14.2 Å². The highest BCUT2D eigenvalue weighted by Gasteiger charge is 2.25.